The second kappa shape index (κ2) is 11.4. The van der Waals surface area contributed by atoms with E-state index in [0.717, 1.165) is 18.2 Å². The van der Waals surface area contributed by atoms with Crippen LogP contribution in [0.3, 0.4) is 0 Å². The molecule has 14 heteroatoms. The second-order valence-electron chi connectivity index (χ2n) is 7.29. The molecule has 0 fully saturated rings. The number of nitrogens with one attached hydrogen (secondary N) is 2. The van der Waals surface area contributed by atoms with E-state index in [0.29, 0.717) is 0 Å². The lowest BCUT2D eigenvalue weighted by atomic mass is 10.1. The van der Waals surface area contributed by atoms with Gasteiger partial charge in [-0.3, -0.25) is 4.72 Å². The van der Waals surface area contributed by atoms with Crippen molar-refractivity contribution in [3.8, 4) is 17.6 Å². The average molecular weight is 540 g/mol. The number of sulfonamides is 1. The Balaban J connectivity index is 1.93. The standard InChI is InChI=1S/C22H20ClF2N5O5S/c1-12(10-31)27-22-26-9-15(28-29-22)3-4-16-17(24)5-6-18(20(16)25)30-36(33,34)19-8-14(23)7-13(11-32)21(19)35-2/h5-9,12,30-32H,10-11H2,1-2H3,(H,26,27,29). The molecule has 0 bridgehead atoms. The number of ether oxygens (including phenoxy) is 1. The van der Waals surface area contributed by atoms with Gasteiger partial charge < -0.3 is 20.3 Å². The summed E-state index contributed by atoms with van der Waals surface area (Å²) in [6, 6.07) is 3.79. The monoisotopic (exact) mass is 539 g/mol. The molecule has 2 aromatic carbocycles. The number of halogens is 3. The molecule has 0 spiro atoms. The SMILES string of the molecule is COc1c(CO)cc(Cl)cc1S(=O)(=O)Nc1ccc(F)c(C#Cc2cnc(NC(C)CO)nn2)c1F. The van der Waals surface area contributed by atoms with Crippen LogP contribution in [0.1, 0.15) is 23.7 Å². The van der Waals surface area contributed by atoms with Gasteiger partial charge in [0.05, 0.1) is 37.8 Å². The van der Waals surface area contributed by atoms with Crippen LogP contribution in [0.2, 0.25) is 5.02 Å². The molecule has 0 saturated heterocycles. The Morgan fingerprint density at radius 2 is 1.94 bits per heavy atom. The first kappa shape index (κ1) is 27.0. The van der Waals surface area contributed by atoms with E-state index >= 15 is 4.39 Å². The van der Waals surface area contributed by atoms with Gasteiger partial charge >= 0.3 is 0 Å². The molecule has 3 rings (SSSR count). The van der Waals surface area contributed by atoms with E-state index in [2.05, 4.69) is 32.3 Å². The topological polar surface area (TPSA) is 147 Å². The molecule has 0 aliphatic carbocycles. The zero-order chi connectivity index (χ0) is 26.5. The third-order valence-corrected chi connectivity index (χ3v) is 6.21. The fourth-order valence-corrected chi connectivity index (χ4v) is 4.51. The van der Waals surface area contributed by atoms with Crippen LogP contribution in [-0.2, 0) is 16.6 Å². The van der Waals surface area contributed by atoms with Crippen molar-refractivity contribution in [2.75, 3.05) is 23.8 Å². The molecular formula is C22H20ClF2N5O5S. The van der Waals surface area contributed by atoms with Crippen molar-refractivity contribution in [1.29, 1.82) is 0 Å². The van der Waals surface area contributed by atoms with E-state index in [4.69, 9.17) is 21.4 Å². The summed E-state index contributed by atoms with van der Waals surface area (Å²) in [6.07, 6.45) is 1.21. The third-order valence-electron chi connectivity index (χ3n) is 4.62. The number of methoxy groups -OCH3 is 1. The smallest absolute Gasteiger partial charge is 0.265 e. The number of hydrogen-bond acceptors (Lipinski definition) is 9. The highest BCUT2D eigenvalue weighted by molar-refractivity contribution is 7.92. The minimum Gasteiger partial charge on any atom is -0.495 e. The molecule has 1 heterocycles. The lowest BCUT2D eigenvalue weighted by Gasteiger charge is -2.15. The van der Waals surface area contributed by atoms with Crippen molar-refractivity contribution in [2.45, 2.75) is 24.5 Å². The molecule has 1 unspecified atom stereocenters. The molecule has 0 radical (unpaired) electrons. The van der Waals surface area contributed by atoms with E-state index in [9.17, 15) is 17.9 Å². The highest BCUT2D eigenvalue weighted by Gasteiger charge is 2.25. The number of anilines is 2. The number of benzene rings is 2. The summed E-state index contributed by atoms with van der Waals surface area (Å²) in [5, 5.41) is 28.8. The highest BCUT2D eigenvalue weighted by Crippen LogP contribution is 2.33. The van der Waals surface area contributed by atoms with E-state index < -0.39 is 44.4 Å². The molecule has 190 valence electrons. The summed E-state index contributed by atoms with van der Waals surface area (Å²) >= 11 is 5.95. The second-order valence-corrected chi connectivity index (χ2v) is 9.38. The van der Waals surface area contributed by atoms with Gasteiger partial charge in [0, 0.05) is 16.6 Å². The van der Waals surface area contributed by atoms with Crippen LogP contribution in [0.25, 0.3) is 0 Å². The van der Waals surface area contributed by atoms with Gasteiger partial charge in [0.2, 0.25) is 5.95 Å². The van der Waals surface area contributed by atoms with Crippen molar-refractivity contribution in [3.05, 3.63) is 63.9 Å². The largest absolute Gasteiger partial charge is 0.495 e. The first-order valence-corrected chi connectivity index (χ1v) is 12.0. The summed E-state index contributed by atoms with van der Waals surface area (Å²) < 4.78 is 62.5. The third kappa shape index (κ3) is 6.16. The number of aliphatic hydroxyl groups excluding tert-OH is 2. The minimum atomic E-state index is -4.49. The molecule has 36 heavy (non-hydrogen) atoms. The first-order chi connectivity index (χ1) is 17.1. The van der Waals surface area contributed by atoms with Crippen LogP contribution in [0.15, 0.2) is 35.4 Å². The number of rotatable bonds is 8. The lowest BCUT2D eigenvalue weighted by molar-refractivity contribution is 0.272. The zero-order valence-corrected chi connectivity index (χ0v) is 20.5. The molecule has 1 aromatic heterocycles. The minimum absolute atomic E-state index is 0.00638. The van der Waals surface area contributed by atoms with E-state index in [1.807, 2.05) is 4.72 Å². The predicted octanol–water partition coefficient (Wildman–Crippen LogP) is 2.30. The van der Waals surface area contributed by atoms with Gasteiger partial charge in [0.1, 0.15) is 16.5 Å². The van der Waals surface area contributed by atoms with Gasteiger partial charge in [0.25, 0.3) is 10.0 Å². The molecule has 1 atom stereocenters. The van der Waals surface area contributed by atoms with Gasteiger partial charge in [-0.1, -0.05) is 17.5 Å². The summed E-state index contributed by atoms with van der Waals surface area (Å²) in [6.45, 7) is 0.973. The number of nitrogens with zero attached hydrogens (tertiary/aromatic N) is 3. The van der Waals surface area contributed by atoms with Crippen LogP contribution in [0.5, 0.6) is 5.75 Å². The van der Waals surface area contributed by atoms with Gasteiger partial charge in [-0.15, -0.1) is 10.2 Å². The number of hydrogen-bond donors (Lipinski definition) is 4. The molecule has 0 amide bonds. The van der Waals surface area contributed by atoms with Crippen molar-refractivity contribution in [1.82, 2.24) is 15.2 Å². The van der Waals surface area contributed by atoms with Crippen molar-refractivity contribution >= 4 is 33.3 Å². The van der Waals surface area contributed by atoms with Gasteiger partial charge in [-0.05, 0) is 37.1 Å². The Kier molecular flexibility index (Phi) is 8.59. The van der Waals surface area contributed by atoms with Crippen molar-refractivity contribution in [3.63, 3.8) is 0 Å². The fourth-order valence-electron chi connectivity index (χ4n) is 2.91. The molecule has 3 aromatic rings. The highest BCUT2D eigenvalue weighted by atomic mass is 35.5. The molecule has 4 N–H and O–H groups in total. The number of aromatic nitrogens is 3. The van der Waals surface area contributed by atoms with Gasteiger partial charge in [-0.2, -0.15) is 0 Å². The van der Waals surface area contributed by atoms with Gasteiger partial charge in [0.15, 0.2) is 11.5 Å². The number of aliphatic hydroxyl groups is 2. The Labute approximate surface area is 210 Å². The Morgan fingerprint density at radius 3 is 2.56 bits per heavy atom. The predicted molar refractivity (Wildman–Crippen MR) is 127 cm³/mol. The Bertz CT molecular complexity index is 1430. The van der Waals surface area contributed by atoms with Crippen LogP contribution in [0, 0.1) is 23.5 Å². The summed E-state index contributed by atoms with van der Waals surface area (Å²) in [7, 11) is -3.29. The Morgan fingerprint density at radius 1 is 1.19 bits per heavy atom. The van der Waals surface area contributed by atoms with Crippen LogP contribution < -0.4 is 14.8 Å². The van der Waals surface area contributed by atoms with E-state index in [-0.39, 0.29) is 40.6 Å². The normalized spacial score (nSPS) is 11.9. The van der Waals surface area contributed by atoms with Crippen LogP contribution in [-0.4, -0.2) is 53.6 Å². The zero-order valence-electron chi connectivity index (χ0n) is 18.9. The Hall–Kier alpha value is -3.57. The molecule has 10 nitrogen and oxygen atoms in total. The summed E-state index contributed by atoms with van der Waals surface area (Å²) in [4.78, 5) is 3.49. The first-order valence-electron chi connectivity index (χ1n) is 10.2. The maximum absolute atomic E-state index is 15.1. The van der Waals surface area contributed by atoms with E-state index in [1.54, 1.807) is 6.92 Å². The van der Waals surface area contributed by atoms with E-state index in [1.165, 1.54) is 19.4 Å². The quantitative estimate of drug-likeness (QED) is 0.317. The molecule has 0 aliphatic heterocycles. The molecule has 0 aliphatic rings. The van der Waals surface area contributed by atoms with Crippen LogP contribution >= 0.6 is 11.6 Å². The summed E-state index contributed by atoms with van der Waals surface area (Å²) in [5.74, 6) is 2.31. The maximum Gasteiger partial charge on any atom is 0.265 e. The van der Waals surface area contributed by atoms with Crippen molar-refractivity contribution < 1.29 is 32.1 Å². The van der Waals surface area contributed by atoms with Gasteiger partial charge in [-0.25, -0.2) is 22.2 Å². The maximum atomic E-state index is 15.1. The van der Waals surface area contributed by atoms with Crippen molar-refractivity contribution in [2.24, 2.45) is 0 Å². The van der Waals surface area contributed by atoms with Crippen LogP contribution in [0.4, 0.5) is 20.4 Å². The fraction of sp³-hybridized carbons (Fsp3) is 0.227. The molecular weight excluding hydrogens is 520 g/mol. The lowest BCUT2D eigenvalue weighted by Crippen LogP contribution is -2.21. The molecule has 0 saturated carbocycles. The average Bonchev–Trinajstić information content (AvgIpc) is 2.85. The summed E-state index contributed by atoms with van der Waals surface area (Å²) in [5.41, 5.74) is -1.22.